The van der Waals surface area contributed by atoms with Crippen LogP contribution in [-0.4, -0.2) is 11.1 Å². The molecule has 0 fully saturated rings. The molecule has 0 saturated heterocycles. The maximum Gasteiger partial charge on any atom is 0.249 e. The van der Waals surface area contributed by atoms with Crippen molar-refractivity contribution in [3.05, 3.63) is 42.2 Å². The Bertz CT molecular complexity index is 449. The number of hydrogen-bond donors (Lipinski definition) is 1. The Balaban J connectivity index is 2.58. The molecule has 0 bridgehead atoms. The Morgan fingerprint density at radius 2 is 2.07 bits per heavy atom. The number of aromatic nitrogens is 1. The Morgan fingerprint density at radius 3 is 2.71 bits per heavy atom. The summed E-state index contributed by atoms with van der Waals surface area (Å²) in [4.78, 5) is 11.1. The molecule has 0 saturated carbocycles. The lowest BCUT2D eigenvalue weighted by Gasteiger charge is -2.01. The third kappa shape index (κ3) is 1.37. The molecule has 1 heterocycles. The molecule has 4 nitrogen and oxygen atoms in total. The summed E-state index contributed by atoms with van der Waals surface area (Å²) >= 11 is 0. The molecule has 0 atom stereocenters. The van der Waals surface area contributed by atoms with Gasteiger partial charge in [-0.3, -0.25) is 4.79 Å². The summed E-state index contributed by atoms with van der Waals surface area (Å²) in [5.41, 5.74) is 6.97. The summed E-state index contributed by atoms with van der Waals surface area (Å²) in [7, 11) is 0. The number of benzene rings is 1. The van der Waals surface area contributed by atoms with E-state index in [4.69, 9.17) is 10.3 Å². The number of rotatable bonds is 2. The minimum atomic E-state index is -0.469. The van der Waals surface area contributed by atoms with Crippen molar-refractivity contribution in [2.24, 2.45) is 5.73 Å². The highest BCUT2D eigenvalue weighted by atomic mass is 16.5. The van der Waals surface area contributed by atoms with Crippen LogP contribution in [0.25, 0.3) is 11.3 Å². The zero-order valence-electron chi connectivity index (χ0n) is 7.31. The van der Waals surface area contributed by atoms with Crippen LogP contribution >= 0.6 is 0 Å². The van der Waals surface area contributed by atoms with E-state index in [1.807, 2.05) is 6.07 Å². The molecule has 0 spiro atoms. The molecular weight excluding hydrogens is 180 g/mol. The van der Waals surface area contributed by atoms with Gasteiger partial charge in [0.25, 0.3) is 0 Å². The normalized spacial score (nSPS) is 10.0. The summed E-state index contributed by atoms with van der Waals surface area (Å²) in [6.07, 6.45) is 1.45. The zero-order chi connectivity index (χ0) is 9.97. The Labute approximate surface area is 80.3 Å². The first-order valence-corrected chi connectivity index (χ1v) is 4.08. The first-order valence-electron chi connectivity index (χ1n) is 4.08. The van der Waals surface area contributed by atoms with Gasteiger partial charge in [0.2, 0.25) is 5.91 Å². The summed E-state index contributed by atoms with van der Waals surface area (Å²) in [5.74, 6) is -0.469. The maximum atomic E-state index is 11.1. The van der Waals surface area contributed by atoms with Gasteiger partial charge in [-0.05, 0) is 6.07 Å². The van der Waals surface area contributed by atoms with Crippen molar-refractivity contribution in [3.63, 3.8) is 0 Å². The van der Waals surface area contributed by atoms with E-state index in [1.165, 1.54) is 6.26 Å². The van der Waals surface area contributed by atoms with Crippen LogP contribution in [0.3, 0.4) is 0 Å². The lowest BCUT2D eigenvalue weighted by Crippen LogP contribution is -2.12. The minimum absolute atomic E-state index is 0.446. The molecule has 1 aromatic carbocycles. The van der Waals surface area contributed by atoms with Crippen LogP contribution in [0, 0.1) is 0 Å². The van der Waals surface area contributed by atoms with Crippen molar-refractivity contribution < 1.29 is 9.32 Å². The number of hydrogen-bond acceptors (Lipinski definition) is 3. The summed E-state index contributed by atoms with van der Waals surface area (Å²) in [5, 5.41) is 3.75. The summed E-state index contributed by atoms with van der Waals surface area (Å²) < 4.78 is 4.70. The van der Waals surface area contributed by atoms with Crippen LogP contribution in [-0.2, 0) is 0 Å². The Morgan fingerprint density at radius 1 is 1.29 bits per heavy atom. The van der Waals surface area contributed by atoms with Gasteiger partial charge >= 0.3 is 0 Å². The number of primary amides is 1. The highest BCUT2D eigenvalue weighted by Crippen LogP contribution is 2.20. The van der Waals surface area contributed by atoms with Gasteiger partial charge < -0.3 is 10.3 Å². The van der Waals surface area contributed by atoms with E-state index < -0.39 is 5.91 Å². The Kier molecular flexibility index (Phi) is 2.02. The molecule has 1 aromatic heterocycles. The molecule has 4 heteroatoms. The fraction of sp³-hybridized carbons (Fsp3) is 0. The zero-order valence-corrected chi connectivity index (χ0v) is 7.31. The van der Waals surface area contributed by atoms with E-state index >= 15 is 0 Å². The van der Waals surface area contributed by atoms with E-state index in [0.29, 0.717) is 16.8 Å². The van der Waals surface area contributed by atoms with Crippen LogP contribution < -0.4 is 5.73 Å². The predicted octanol–water partition coefficient (Wildman–Crippen LogP) is 1.44. The Hall–Kier alpha value is -2.10. The molecule has 0 aliphatic carbocycles. The van der Waals surface area contributed by atoms with Gasteiger partial charge in [-0.25, -0.2) is 0 Å². The highest BCUT2D eigenvalue weighted by molar-refractivity contribution is 5.99. The highest BCUT2D eigenvalue weighted by Gasteiger charge is 2.10. The molecule has 0 aliphatic rings. The second-order valence-corrected chi connectivity index (χ2v) is 2.79. The van der Waals surface area contributed by atoms with E-state index in [-0.39, 0.29) is 0 Å². The number of amides is 1. The van der Waals surface area contributed by atoms with Crippen LogP contribution in [0.15, 0.2) is 41.1 Å². The van der Waals surface area contributed by atoms with E-state index in [9.17, 15) is 4.79 Å². The average molecular weight is 188 g/mol. The van der Waals surface area contributed by atoms with Gasteiger partial charge in [0.1, 0.15) is 12.0 Å². The second kappa shape index (κ2) is 3.33. The van der Waals surface area contributed by atoms with E-state index in [0.717, 1.165) is 0 Å². The topological polar surface area (TPSA) is 69.1 Å². The van der Waals surface area contributed by atoms with Crippen LogP contribution in [0.5, 0.6) is 0 Å². The molecule has 2 rings (SSSR count). The lowest BCUT2D eigenvalue weighted by atomic mass is 10.0. The fourth-order valence-electron chi connectivity index (χ4n) is 1.27. The molecule has 2 N–H and O–H groups in total. The summed E-state index contributed by atoms with van der Waals surface area (Å²) in [6.45, 7) is 0. The van der Waals surface area contributed by atoms with Crippen molar-refractivity contribution in [2.45, 2.75) is 0 Å². The van der Waals surface area contributed by atoms with Crippen LogP contribution in [0.1, 0.15) is 10.4 Å². The van der Waals surface area contributed by atoms with Crippen molar-refractivity contribution in [1.29, 1.82) is 0 Å². The third-order valence-electron chi connectivity index (χ3n) is 1.91. The van der Waals surface area contributed by atoms with Crippen molar-refractivity contribution in [3.8, 4) is 11.3 Å². The summed E-state index contributed by atoms with van der Waals surface area (Å²) in [6, 6.07) is 8.69. The van der Waals surface area contributed by atoms with E-state index in [1.54, 1.807) is 24.3 Å². The number of carbonyl (C=O) groups excluding carboxylic acids is 1. The molecule has 0 radical (unpaired) electrons. The SMILES string of the molecule is NC(=O)c1ccccc1-c1ccon1. The molecule has 0 aliphatic heterocycles. The lowest BCUT2D eigenvalue weighted by molar-refractivity contribution is 0.100. The standard InChI is InChI=1S/C10H8N2O2/c11-10(13)8-4-2-1-3-7(8)9-5-6-14-12-9/h1-6H,(H2,11,13). The first kappa shape index (κ1) is 8.50. The second-order valence-electron chi connectivity index (χ2n) is 2.79. The largest absolute Gasteiger partial charge is 0.366 e. The van der Waals surface area contributed by atoms with Gasteiger partial charge in [-0.15, -0.1) is 0 Å². The smallest absolute Gasteiger partial charge is 0.249 e. The van der Waals surface area contributed by atoms with Crippen molar-refractivity contribution >= 4 is 5.91 Å². The fourth-order valence-corrected chi connectivity index (χ4v) is 1.27. The van der Waals surface area contributed by atoms with Crippen molar-refractivity contribution in [1.82, 2.24) is 5.16 Å². The number of nitrogens with zero attached hydrogens (tertiary/aromatic N) is 1. The number of carbonyl (C=O) groups is 1. The quantitative estimate of drug-likeness (QED) is 0.775. The molecule has 0 unspecified atom stereocenters. The maximum absolute atomic E-state index is 11.1. The molecule has 14 heavy (non-hydrogen) atoms. The van der Waals surface area contributed by atoms with Gasteiger partial charge in [-0.1, -0.05) is 23.4 Å². The van der Waals surface area contributed by atoms with Gasteiger partial charge in [-0.2, -0.15) is 0 Å². The molecule has 70 valence electrons. The average Bonchev–Trinajstić information content (AvgIpc) is 2.70. The van der Waals surface area contributed by atoms with Gasteiger partial charge in [0.15, 0.2) is 0 Å². The molecule has 2 aromatic rings. The molecule has 1 amide bonds. The minimum Gasteiger partial charge on any atom is -0.366 e. The third-order valence-corrected chi connectivity index (χ3v) is 1.91. The first-order chi connectivity index (χ1) is 6.79. The van der Waals surface area contributed by atoms with Crippen LogP contribution in [0.2, 0.25) is 0 Å². The van der Waals surface area contributed by atoms with Gasteiger partial charge in [0.05, 0.1) is 0 Å². The predicted molar refractivity (Wildman–Crippen MR) is 50.5 cm³/mol. The van der Waals surface area contributed by atoms with Crippen molar-refractivity contribution in [2.75, 3.05) is 0 Å². The monoisotopic (exact) mass is 188 g/mol. The van der Waals surface area contributed by atoms with Gasteiger partial charge in [0, 0.05) is 17.2 Å². The van der Waals surface area contributed by atoms with E-state index in [2.05, 4.69) is 5.16 Å². The van der Waals surface area contributed by atoms with Crippen LogP contribution in [0.4, 0.5) is 0 Å². The molecular formula is C10H8N2O2. The number of nitrogens with two attached hydrogens (primary N) is 1.